The molecule has 24 heavy (non-hydrogen) atoms. The Bertz CT molecular complexity index is 859. The molecule has 0 saturated heterocycles. The number of hydrogen-bond acceptors (Lipinski definition) is 8. The molecule has 0 saturated carbocycles. The highest BCUT2D eigenvalue weighted by atomic mass is 32.2. The number of thiophene rings is 1. The van der Waals surface area contributed by atoms with Gasteiger partial charge >= 0.3 is 12.1 Å². The quantitative estimate of drug-likeness (QED) is 0.686. The molecule has 0 spiro atoms. The fourth-order valence-corrected chi connectivity index (χ4v) is 5.09. The van der Waals surface area contributed by atoms with Crippen LogP contribution in [-0.2, 0) is 12.6 Å². The Balaban J connectivity index is 1.79. The number of carboxylic acids is 1. The van der Waals surface area contributed by atoms with E-state index in [1.54, 1.807) is 12.1 Å². The molecule has 0 aliphatic rings. The van der Waals surface area contributed by atoms with E-state index < -0.39 is 22.7 Å². The molecule has 0 amide bonds. The van der Waals surface area contributed by atoms with Crippen molar-refractivity contribution in [1.29, 1.82) is 0 Å². The van der Waals surface area contributed by atoms with Crippen LogP contribution >= 0.6 is 34.4 Å². The second-order valence-electron chi connectivity index (χ2n) is 4.29. The number of nitrogens with one attached hydrogen (secondary N) is 1. The smallest absolute Gasteiger partial charge is 0.435 e. The van der Waals surface area contributed by atoms with Crippen LogP contribution < -0.4 is 0 Å². The van der Waals surface area contributed by atoms with E-state index in [1.165, 1.54) is 11.3 Å². The normalized spacial score (nSPS) is 11.8. The summed E-state index contributed by atoms with van der Waals surface area (Å²) in [6, 6.07) is 3.51. The monoisotopic (exact) mass is 393 g/mol. The van der Waals surface area contributed by atoms with Crippen molar-refractivity contribution in [2.45, 2.75) is 21.1 Å². The van der Waals surface area contributed by atoms with Gasteiger partial charge in [0.15, 0.2) is 15.9 Å². The number of rotatable bonds is 5. The van der Waals surface area contributed by atoms with Crippen LogP contribution in [0.1, 0.15) is 26.1 Å². The molecular weight excluding hydrogens is 387 g/mol. The number of tetrazole rings is 1. The molecule has 126 valence electrons. The maximum absolute atomic E-state index is 12.8. The summed E-state index contributed by atoms with van der Waals surface area (Å²) in [6.45, 7) is 0. The van der Waals surface area contributed by atoms with Crippen molar-refractivity contribution in [3.05, 3.63) is 33.4 Å². The molecule has 3 rings (SSSR count). The minimum atomic E-state index is -4.80. The minimum absolute atomic E-state index is 0.0210. The van der Waals surface area contributed by atoms with E-state index in [2.05, 4.69) is 25.6 Å². The summed E-state index contributed by atoms with van der Waals surface area (Å²) in [5, 5.41) is 22.3. The Kier molecular flexibility index (Phi) is 4.56. The van der Waals surface area contributed by atoms with Crippen molar-refractivity contribution in [1.82, 2.24) is 25.6 Å². The maximum atomic E-state index is 12.8. The molecule has 0 bridgehead atoms. The van der Waals surface area contributed by atoms with Crippen molar-refractivity contribution in [3.8, 4) is 0 Å². The average molecular weight is 393 g/mol. The minimum Gasteiger partial charge on any atom is -0.477 e. The van der Waals surface area contributed by atoms with Gasteiger partial charge in [-0.2, -0.15) is 18.4 Å². The largest absolute Gasteiger partial charge is 0.477 e. The first-order valence-corrected chi connectivity index (χ1v) is 8.58. The zero-order valence-corrected chi connectivity index (χ0v) is 13.8. The molecule has 0 atom stereocenters. The number of hydrogen-bond donors (Lipinski definition) is 2. The second kappa shape index (κ2) is 6.49. The Hall–Kier alpha value is -1.99. The van der Waals surface area contributed by atoms with Crippen LogP contribution in [0, 0.1) is 0 Å². The molecule has 3 aromatic rings. The number of nitrogens with zero attached hydrogens (tertiary/aromatic N) is 4. The molecular formula is C11H6F3N5O2S3. The van der Waals surface area contributed by atoms with E-state index in [-0.39, 0.29) is 4.34 Å². The van der Waals surface area contributed by atoms with Crippen LogP contribution in [0.3, 0.4) is 0 Å². The lowest BCUT2D eigenvalue weighted by molar-refractivity contribution is -0.141. The van der Waals surface area contributed by atoms with Gasteiger partial charge in [0.25, 0.3) is 0 Å². The summed E-state index contributed by atoms with van der Waals surface area (Å²) in [5.74, 6) is -1.15. The molecule has 0 aliphatic heterocycles. The van der Waals surface area contributed by atoms with Crippen molar-refractivity contribution in [2.75, 3.05) is 0 Å². The molecule has 0 aromatic carbocycles. The Morgan fingerprint density at radius 2 is 2.12 bits per heavy atom. The molecule has 3 aromatic heterocycles. The van der Waals surface area contributed by atoms with E-state index in [4.69, 9.17) is 5.11 Å². The third kappa shape index (κ3) is 3.73. The number of aromatic carboxylic acids is 1. The van der Waals surface area contributed by atoms with E-state index >= 15 is 0 Å². The summed E-state index contributed by atoms with van der Waals surface area (Å²) >= 11 is 2.83. The van der Waals surface area contributed by atoms with E-state index in [0.29, 0.717) is 27.8 Å². The topological polar surface area (TPSA) is 105 Å². The predicted molar refractivity (Wildman–Crippen MR) is 79.5 cm³/mol. The number of H-pyrrole nitrogens is 1. The zero-order chi connectivity index (χ0) is 17.3. The highest BCUT2D eigenvalue weighted by molar-refractivity contribution is 8.02. The number of carbonyl (C=O) groups is 1. The standard InChI is InChI=1S/C11H6F3N5O2S3/c12-11(13,14)8-7(9(20)21)24-10(15-8)23-6-2-1-4(22-6)3-5-16-18-19-17-5/h1-2H,3H2,(H,20,21)(H,16,17,18,19). The number of carboxylic acid groups (broad SMARTS) is 1. The van der Waals surface area contributed by atoms with E-state index in [1.807, 2.05) is 0 Å². The van der Waals surface area contributed by atoms with Gasteiger partial charge in [-0.25, -0.2) is 9.78 Å². The number of aromatic nitrogens is 5. The SMILES string of the molecule is O=C(O)c1sc(Sc2ccc(Cc3nn[nH]n3)s2)nc1C(F)(F)F. The van der Waals surface area contributed by atoms with Crippen molar-refractivity contribution >= 4 is 40.4 Å². The summed E-state index contributed by atoms with van der Waals surface area (Å²) in [4.78, 5) is 14.5. The van der Waals surface area contributed by atoms with Gasteiger partial charge < -0.3 is 5.11 Å². The molecule has 2 N–H and O–H groups in total. The van der Waals surface area contributed by atoms with Crippen LogP contribution in [0.5, 0.6) is 0 Å². The molecule has 3 heterocycles. The van der Waals surface area contributed by atoms with Crippen molar-refractivity contribution < 1.29 is 23.1 Å². The van der Waals surface area contributed by atoms with Gasteiger partial charge in [0.2, 0.25) is 0 Å². The summed E-state index contributed by atoms with van der Waals surface area (Å²) in [7, 11) is 0. The average Bonchev–Trinajstić information content (AvgIpc) is 3.20. The van der Waals surface area contributed by atoms with E-state index in [9.17, 15) is 18.0 Å². The maximum Gasteiger partial charge on any atom is 0.435 e. The molecule has 13 heteroatoms. The van der Waals surface area contributed by atoms with Gasteiger partial charge in [-0.05, 0) is 23.9 Å². The number of thiazole rings is 1. The van der Waals surface area contributed by atoms with Gasteiger partial charge in [0.1, 0.15) is 4.88 Å². The lowest BCUT2D eigenvalue weighted by Crippen LogP contribution is -2.11. The Morgan fingerprint density at radius 3 is 2.71 bits per heavy atom. The Labute approximate surface area is 143 Å². The van der Waals surface area contributed by atoms with Crippen LogP contribution in [0.2, 0.25) is 0 Å². The fraction of sp³-hybridized carbons (Fsp3) is 0.182. The summed E-state index contributed by atoms with van der Waals surface area (Å²) in [6.07, 6.45) is -4.37. The van der Waals surface area contributed by atoms with Crippen LogP contribution in [0.25, 0.3) is 0 Å². The van der Waals surface area contributed by atoms with Gasteiger partial charge in [0.05, 0.1) is 4.21 Å². The van der Waals surface area contributed by atoms with Gasteiger partial charge in [0, 0.05) is 11.3 Å². The highest BCUT2D eigenvalue weighted by Gasteiger charge is 2.39. The van der Waals surface area contributed by atoms with Gasteiger partial charge in [-0.1, -0.05) is 16.6 Å². The molecule has 0 radical (unpaired) electrons. The third-order valence-electron chi connectivity index (χ3n) is 2.62. The second-order valence-corrected chi connectivity index (χ2v) is 8.00. The number of alkyl halides is 3. The third-order valence-corrected chi connectivity index (χ3v) is 5.94. The van der Waals surface area contributed by atoms with Crippen LogP contribution in [-0.4, -0.2) is 36.7 Å². The van der Waals surface area contributed by atoms with Crippen molar-refractivity contribution in [2.24, 2.45) is 0 Å². The first kappa shape index (κ1) is 16.9. The lowest BCUT2D eigenvalue weighted by atomic mass is 10.3. The predicted octanol–water partition coefficient (Wildman–Crippen LogP) is 3.18. The van der Waals surface area contributed by atoms with Gasteiger partial charge in [-0.3, -0.25) is 0 Å². The lowest BCUT2D eigenvalue weighted by Gasteiger charge is -2.02. The molecule has 0 aliphatic carbocycles. The summed E-state index contributed by atoms with van der Waals surface area (Å²) in [5.41, 5.74) is -1.37. The first-order chi connectivity index (χ1) is 11.3. The van der Waals surface area contributed by atoms with Crippen LogP contribution in [0.4, 0.5) is 13.2 Å². The first-order valence-electron chi connectivity index (χ1n) is 6.13. The Morgan fingerprint density at radius 1 is 1.33 bits per heavy atom. The fourth-order valence-electron chi connectivity index (χ4n) is 1.69. The van der Waals surface area contributed by atoms with Gasteiger partial charge in [-0.15, -0.1) is 21.5 Å². The summed E-state index contributed by atoms with van der Waals surface area (Å²) < 4.78 is 39.2. The van der Waals surface area contributed by atoms with Crippen molar-refractivity contribution in [3.63, 3.8) is 0 Å². The number of halogens is 3. The molecule has 0 unspecified atom stereocenters. The number of aromatic amines is 1. The molecule has 7 nitrogen and oxygen atoms in total. The molecule has 0 fully saturated rings. The van der Waals surface area contributed by atoms with E-state index in [0.717, 1.165) is 16.6 Å². The highest BCUT2D eigenvalue weighted by Crippen LogP contribution is 2.41. The zero-order valence-electron chi connectivity index (χ0n) is 11.4. The van der Waals surface area contributed by atoms with Crippen LogP contribution in [0.15, 0.2) is 20.7 Å².